The number of ether oxygens (including phenoxy) is 2. The minimum atomic E-state index is -0.652. The van der Waals surface area contributed by atoms with Crippen LogP contribution in [-0.4, -0.2) is 31.8 Å². The third kappa shape index (κ3) is 4.67. The summed E-state index contributed by atoms with van der Waals surface area (Å²) in [7, 11) is 2.89. The average Bonchev–Trinajstić information content (AvgIpc) is 2.53. The second-order valence-electron chi connectivity index (χ2n) is 7.03. The van der Waals surface area contributed by atoms with Gasteiger partial charge in [0.1, 0.15) is 5.60 Å². The van der Waals surface area contributed by atoms with Gasteiger partial charge >= 0.3 is 12.1 Å². The molecule has 8 nitrogen and oxygen atoms in total. The van der Waals surface area contributed by atoms with Crippen molar-refractivity contribution in [2.24, 2.45) is 5.11 Å². The van der Waals surface area contributed by atoms with Crippen LogP contribution in [0.4, 0.5) is 16.2 Å². The van der Waals surface area contributed by atoms with Gasteiger partial charge in [-0.05, 0) is 69.3 Å². The number of azide groups is 1. The van der Waals surface area contributed by atoms with Crippen LogP contribution < -0.4 is 4.90 Å². The molecule has 0 N–H and O–H groups in total. The number of hydrogen-bond donors (Lipinski definition) is 0. The Balaban J connectivity index is 3.62. The molecule has 0 saturated heterocycles. The van der Waals surface area contributed by atoms with E-state index in [9.17, 15) is 9.59 Å². The van der Waals surface area contributed by atoms with Crippen molar-refractivity contribution in [1.82, 2.24) is 0 Å². The molecule has 1 aromatic rings. The van der Waals surface area contributed by atoms with Crippen LogP contribution in [0.3, 0.4) is 0 Å². The molecule has 26 heavy (non-hydrogen) atoms. The Morgan fingerprint density at radius 2 is 1.73 bits per heavy atom. The van der Waals surface area contributed by atoms with Gasteiger partial charge in [-0.3, -0.25) is 9.69 Å². The number of amides is 1. The predicted molar refractivity (Wildman–Crippen MR) is 99.8 cm³/mol. The number of benzene rings is 1. The quantitative estimate of drug-likeness (QED) is 0.337. The molecule has 8 heteroatoms. The van der Waals surface area contributed by atoms with E-state index < -0.39 is 17.7 Å². The van der Waals surface area contributed by atoms with Gasteiger partial charge < -0.3 is 9.47 Å². The molecule has 0 aliphatic rings. The maximum Gasteiger partial charge on any atom is 0.414 e. The van der Waals surface area contributed by atoms with Crippen molar-refractivity contribution in [2.75, 3.05) is 19.1 Å². The van der Waals surface area contributed by atoms with E-state index in [2.05, 4.69) is 10.0 Å². The molecule has 0 aromatic heterocycles. The number of nitrogens with zero attached hydrogens (tertiary/aromatic N) is 4. The fraction of sp³-hybridized carbons (Fsp3) is 0.556. The third-order valence-corrected chi connectivity index (χ3v) is 4.02. The normalized spacial score (nSPS) is 10.8. The lowest BCUT2D eigenvalue weighted by atomic mass is 9.92. The molecule has 0 fully saturated rings. The molecule has 0 saturated carbocycles. The molecule has 0 aliphatic carbocycles. The monoisotopic (exact) mass is 362 g/mol. The van der Waals surface area contributed by atoms with Crippen LogP contribution in [0, 0.1) is 20.8 Å². The van der Waals surface area contributed by atoms with Crippen molar-refractivity contribution in [2.45, 2.75) is 53.6 Å². The van der Waals surface area contributed by atoms with E-state index >= 15 is 0 Å². The van der Waals surface area contributed by atoms with Crippen molar-refractivity contribution < 1.29 is 19.1 Å². The van der Waals surface area contributed by atoms with Gasteiger partial charge in [0.05, 0.1) is 19.2 Å². The summed E-state index contributed by atoms with van der Waals surface area (Å²) in [4.78, 5) is 28.6. The molecular formula is C18H26N4O4. The van der Waals surface area contributed by atoms with Crippen molar-refractivity contribution in [3.63, 3.8) is 0 Å². The minimum Gasteiger partial charge on any atom is -0.469 e. The maximum atomic E-state index is 12.5. The first kappa shape index (κ1) is 21.3. The third-order valence-electron chi connectivity index (χ3n) is 4.02. The van der Waals surface area contributed by atoms with Crippen LogP contribution in [0.25, 0.3) is 10.4 Å². The second-order valence-corrected chi connectivity index (χ2v) is 7.03. The van der Waals surface area contributed by atoms with Crippen LogP contribution in [-0.2, 0) is 20.7 Å². The van der Waals surface area contributed by atoms with Gasteiger partial charge in [0.2, 0.25) is 0 Å². The number of carbonyl (C=O) groups is 2. The van der Waals surface area contributed by atoms with E-state index in [0.717, 1.165) is 5.56 Å². The van der Waals surface area contributed by atoms with Crippen LogP contribution in [0.15, 0.2) is 5.11 Å². The van der Waals surface area contributed by atoms with Crippen LogP contribution in [0.1, 0.15) is 43.0 Å². The number of anilines is 1. The van der Waals surface area contributed by atoms with Gasteiger partial charge in [-0.25, -0.2) is 4.79 Å². The van der Waals surface area contributed by atoms with Gasteiger partial charge in [0.15, 0.2) is 0 Å². The number of rotatable bonds is 4. The zero-order chi connectivity index (χ0) is 20.2. The summed E-state index contributed by atoms with van der Waals surface area (Å²) < 4.78 is 10.2. The molecule has 142 valence electrons. The highest BCUT2D eigenvalue weighted by atomic mass is 16.6. The van der Waals surface area contributed by atoms with Gasteiger partial charge in [-0.1, -0.05) is 5.11 Å². The molecule has 0 aliphatic heterocycles. The summed E-state index contributed by atoms with van der Waals surface area (Å²) in [5.41, 5.74) is 11.9. The largest absolute Gasteiger partial charge is 0.469 e. The first-order chi connectivity index (χ1) is 11.9. The van der Waals surface area contributed by atoms with Gasteiger partial charge in [0.25, 0.3) is 0 Å². The van der Waals surface area contributed by atoms with Crippen molar-refractivity contribution in [3.05, 3.63) is 32.7 Å². The molecule has 1 amide bonds. The summed E-state index contributed by atoms with van der Waals surface area (Å²) in [5.74, 6) is -0.419. The zero-order valence-corrected chi connectivity index (χ0v) is 16.6. The number of esters is 1. The Hall–Kier alpha value is -2.73. The number of carbonyl (C=O) groups excluding carboxylic acids is 2. The lowest BCUT2D eigenvalue weighted by molar-refractivity contribution is -0.139. The Morgan fingerprint density at radius 1 is 1.15 bits per heavy atom. The lowest BCUT2D eigenvalue weighted by Gasteiger charge is -2.29. The smallest absolute Gasteiger partial charge is 0.414 e. The minimum absolute atomic E-state index is 0.0115. The molecule has 0 atom stereocenters. The van der Waals surface area contributed by atoms with Crippen molar-refractivity contribution in [1.29, 1.82) is 0 Å². The molecule has 1 rings (SSSR count). The van der Waals surface area contributed by atoms with Gasteiger partial charge in [0, 0.05) is 17.6 Å². The first-order valence-corrected chi connectivity index (χ1v) is 8.15. The molecular weight excluding hydrogens is 336 g/mol. The highest BCUT2D eigenvalue weighted by molar-refractivity contribution is 5.92. The Kier molecular flexibility index (Phi) is 6.64. The lowest BCUT2D eigenvalue weighted by Crippen LogP contribution is -2.35. The summed E-state index contributed by atoms with van der Waals surface area (Å²) in [6, 6.07) is 0. The molecule has 0 heterocycles. The Morgan fingerprint density at radius 3 is 2.19 bits per heavy atom. The number of hydrogen-bond acceptors (Lipinski definition) is 5. The first-order valence-electron chi connectivity index (χ1n) is 8.15. The molecule has 1 aromatic carbocycles. The molecule has 0 bridgehead atoms. The van der Waals surface area contributed by atoms with Gasteiger partial charge in [-0.2, -0.15) is 0 Å². The molecule has 0 spiro atoms. The predicted octanol–water partition coefficient (Wildman–Crippen LogP) is 4.64. The van der Waals surface area contributed by atoms with E-state index in [0.29, 0.717) is 28.1 Å². The van der Waals surface area contributed by atoms with Crippen molar-refractivity contribution >= 4 is 23.4 Å². The summed E-state index contributed by atoms with van der Waals surface area (Å²) in [5, 5.41) is 3.77. The summed E-state index contributed by atoms with van der Waals surface area (Å²) in [6.45, 7) is 10.7. The van der Waals surface area contributed by atoms with Gasteiger partial charge in [-0.15, -0.1) is 0 Å². The van der Waals surface area contributed by atoms with E-state index in [1.165, 1.54) is 12.0 Å². The van der Waals surface area contributed by atoms with E-state index in [4.69, 9.17) is 15.0 Å². The van der Waals surface area contributed by atoms with Crippen LogP contribution >= 0.6 is 0 Å². The molecule has 0 unspecified atom stereocenters. The summed E-state index contributed by atoms with van der Waals surface area (Å²) >= 11 is 0. The second kappa shape index (κ2) is 8.10. The van der Waals surface area contributed by atoms with E-state index in [-0.39, 0.29) is 6.42 Å². The number of methoxy groups -OCH3 is 1. The Bertz CT molecular complexity index is 775. The highest BCUT2D eigenvalue weighted by Gasteiger charge is 2.26. The van der Waals surface area contributed by atoms with Crippen LogP contribution in [0.2, 0.25) is 0 Å². The SMILES string of the molecule is COC(=O)Cc1c(C)c(N=[N+]=[N-])c(C)c(N(C)C(=O)OC(C)(C)C)c1C. The maximum absolute atomic E-state index is 12.5. The summed E-state index contributed by atoms with van der Waals surface area (Å²) in [6.07, 6.45) is -0.527. The highest BCUT2D eigenvalue weighted by Crippen LogP contribution is 2.39. The average molecular weight is 362 g/mol. The topological polar surface area (TPSA) is 105 Å². The van der Waals surface area contributed by atoms with E-state index in [1.54, 1.807) is 41.7 Å². The molecule has 0 radical (unpaired) electrons. The Labute approximate surface area is 153 Å². The van der Waals surface area contributed by atoms with Crippen molar-refractivity contribution in [3.8, 4) is 0 Å². The van der Waals surface area contributed by atoms with E-state index in [1.807, 2.05) is 6.92 Å². The van der Waals surface area contributed by atoms with Crippen LogP contribution in [0.5, 0.6) is 0 Å². The fourth-order valence-electron chi connectivity index (χ4n) is 2.84. The standard InChI is InChI=1S/C18H26N4O4/c1-10-13(9-14(23)25-8)11(2)16(12(3)15(10)20-21-19)22(7)17(24)26-18(4,5)6/h9H2,1-8H3. The fourth-order valence-corrected chi connectivity index (χ4v) is 2.84. The zero-order valence-electron chi connectivity index (χ0n) is 16.6.